The fourth-order valence-electron chi connectivity index (χ4n) is 2.77. The van der Waals surface area contributed by atoms with Gasteiger partial charge >= 0.3 is 10.1 Å². The highest BCUT2D eigenvalue weighted by molar-refractivity contribution is 7.87. The lowest BCUT2D eigenvalue weighted by Gasteiger charge is -2.08. The summed E-state index contributed by atoms with van der Waals surface area (Å²) in [6, 6.07) is 19.8. The van der Waals surface area contributed by atoms with E-state index < -0.39 is 10.1 Å². The smallest absolute Gasteiger partial charge is 0.339 e. The van der Waals surface area contributed by atoms with Crippen molar-refractivity contribution in [3.63, 3.8) is 0 Å². The fourth-order valence-corrected chi connectivity index (χ4v) is 3.70. The van der Waals surface area contributed by atoms with Gasteiger partial charge in [-0.25, -0.2) is 4.98 Å². The second kappa shape index (κ2) is 6.94. The van der Waals surface area contributed by atoms with Gasteiger partial charge in [-0.15, -0.1) is 0 Å². The van der Waals surface area contributed by atoms with Gasteiger partial charge in [-0.05, 0) is 55.5 Å². The van der Waals surface area contributed by atoms with E-state index in [0.717, 1.165) is 5.56 Å². The van der Waals surface area contributed by atoms with E-state index in [9.17, 15) is 13.2 Å². The summed E-state index contributed by atoms with van der Waals surface area (Å²) in [5, 5.41) is 0.510. The number of benzene rings is 3. The van der Waals surface area contributed by atoms with Crippen molar-refractivity contribution >= 4 is 21.0 Å². The summed E-state index contributed by atoms with van der Waals surface area (Å²) in [7, 11) is -3.92. The third-order valence-corrected chi connectivity index (χ3v) is 5.52. The lowest BCUT2D eigenvalue weighted by Crippen LogP contribution is -2.10. The molecule has 0 bridgehead atoms. The zero-order valence-corrected chi connectivity index (χ0v) is 15.7. The Balaban J connectivity index is 1.62. The Morgan fingerprint density at radius 3 is 2.29 bits per heavy atom. The van der Waals surface area contributed by atoms with Crippen LogP contribution in [0.15, 0.2) is 82.5 Å². The number of para-hydroxylation sites is 1. The van der Waals surface area contributed by atoms with Crippen molar-refractivity contribution < 1.29 is 12.6 Å². The molecule has 1 aromatic heterocycles. The normalized spacial score (nSPS) is 11.5. The van der Waals surface area contributed by atoms with Gasteiger partial charge in [-0.2, -0.15) is 8.42 Å². The molecule has 0 amide bonds. The Kier molecular flexibility index (Phi) is 4.44. The molecule has 4 rings (SSSR count). The van der Waals surface area contributed by atoms with Gasteiger partial charge in [0, 0.05) is 5.56 Å². The van der Waals surface area contributed by atoms with Crippen molar-refractivity contribution in [2.45, 2.75) is 11.8 Å². The molecule has 1 heterocycles. The minimum absolute atomic E-state index is 0.0858. The van der Waals surface area contributed by atoms with Gasteiger partial charge in [0.2, 0.25) is 0 Å². The maximum atomic E-state index is 12.4. The molecule has 0 radical (unpaired) electrons. The molecule has 0 atom stereocenters. The lowest BCUT2D eigenvalue weighted by molar-refractivity contribution is 0.486. The number of aromatic nitrogens is 2. The number of fused-ring (bicyclic) bond motifs is 1. The molecular formula is C21H16N2O4S. The van der Waals surface area contributed by atoms with E-state index in [1.54, 1.807) is 42.5 Å². The van der Waals surface area contributed by atoms with Gasteiger partial charge in [-0.3, -0.25) is 4.79 Å². The summed E-state index contributed by atoms with van der Waals surface area (Å²) in [4.78, 5) is 19.5. The van der Waals surface area contributed by atoms with E-state index in [0.29, 0.717) is 22.3 Å². The molecule has 0 saturated heterocycles. The number of hydrogen-bond acceptors (Lipinski definition) is 5. The SMILES string of the molecule is Cc1ccc(S(=O)(=O)Oc2ccc(-c3nc4ccccc4c(=O)[nH]3)cc2)cc1. The maximum Gasteiger partial charge on any atom is 0.339 e. The predicted molar refractivity (Wildman–Crippen MR) is 107 cm³/mol. The molecule has 0 fully saturated rings. The van der Waals surface area contributed by atoms with E-state index in [1.165, 1.54) is 24.3 Å². The Morgan fingerprint density at radius 2 is 1.57 bits per heavy atom. The number of H-pyrrole nitrogens is 1. The van der Waals surface area contributed by atoms with Gasteiger partial charge in [-0.1, -0.05) is 29.8 Å². The van der Waals surface area contributed by atoms with Crippen molar-refractivity contribution in [1.29, 1.82) is 0 Å². The van der Waals surface area contributed by atoms with E-state index in [2.05, 4.69) is 9.97 Å². The average Bonchev–Trinajstić information content (AvgIpc) is 2.68. The van der Waals surface area contributed by atoms with Crippen molar-refractivity contribution in [3.05, 3.63) is 88.7 Å². The van der Waals surface area contributed by atoms with Gasteiger partial charge < -0.3 is 9.17 Å². The summed E-state index contributed by atoms with van der Waals surface area (Å²) in [6.07, 6.45) is 0. The van der Waals surface area contributed by atoms with Crippen LogP contribution in [-0.2, 0) is 10.1 Å². The molecule has 0 saturated carbocycles. The summed E-state index contributed by atoms with van der Waals surface area (Å²) in [6.45, 7) is 1.88. The molecular weight excluding hydrogens is 376 g/mol. The van der Waals surface area contributed by atoms with Crippen LogP contribution in [0.2, 0.25) is 0 Å². The number of nitrogens with one attached hydrogen (secondary N) is 1. The molecule has 0 unspecified atom stereocenters. The van der Waals surface area contributed by atoms with Crippen LogP contribution in [0.5, 0.6) is 5.75 Å². The lowest BCUT2D eigenvalue weighted by atomic mass is 10.2. The van der Waals surface area contributed by atoms with Crippen LogP contribution in [0.4, 0.5) is 0 Å². The van der Waals surface area contributed by atoms with Gasteiger partial charge in [0.1, 0.15) is 16.5 Å². The van der Waals surface area contributed by atoms with Gasteiger partial charge in [0.15, 0.2) is 0 Å². The largest absolute Gasteiger partial charge is 0.379 e. The van der Waals surface area contributed by atoms with Crippen molar-refractivity contribution in [2.75, 3.05) is 0 Å². The van der Waals surface area contributed by atoms with Crippen molar-refractivity contribution in [3.8, 4) is 17.1 Å². The predicted octanol–water partition coefficient (Wildman–Crippen LogP) is 3.67. The van der Waals surface area contributed by atoms with Crippen LogP contribution in [0.1, 0.15) is 5.56 Å². The Hall–Kier alpha value is -3.45. The second-order valence-electron chi connectivity index (χ2n) is 6.31. The number of rotatable bonds is 4. The highest BCUT2D eigenvalue weighted by atomic mass is 32.2. The molecule has 140 valence electrons. The number of hydrogen-bond donors (Lipinski definition) is 1. The van der Waals surface area contributed by atoms with E-state index in [-0.39, 0.29) is 16.2 Å². The standard InChI is InChI=1S/C21H16N2O4S/c1-14-6-12-17(13-7-14)28(25,26)27-16-10-8-15(9-11-16)20-22-19-5-3-2-4-18(19)21(24)23-20/h2-13H,1H3,(H,22,23,24). The first-order valence-corrected chi connectivity index (χ1v) is 9.94. The molecule has 7 heteroatoms. The van der Waals surface area contributed by atoms with Crippen molar-refractivity contribution in [1.82, 2.24) is 9.97 Å². The topological polar surface area (TPSA) is 89.1 Å². The first-order valence-electron chi connectivity index (χ1n) is 8.53. The van der Waals surface area contributed by atoms with Crippen LogP contribution in [0.25, 0.3) is 22.3 Å². The monoisotopic (exact) mass is 392 g/mol. The van der Waals surface area contributed by atoms with E-state index >= 15 is 0 Å². The summed E-state index contributed by atoms with van der Waals surface area (Å²) < 4.78 is 29.9. The molecule has 4 aromatic rings. The Labute approximate surface area is 161 Å². The van der Waals surface area contributed by atoms with E-state index in [4.69, 9.17) is 4.18 Å². The number of nitrogens with zero attached hydrogens (tertiary/aromatic N) is 1. The average molecular weight is 392 g/mol. The van der Waals surface area contributed by atoms with Crippen molar-refractivity contribution in [2.24, 2.45) is 0 Å². The highest BCUT2D eigenvalue weighted by Gasteiger charge is 2.16. The molecule has 28 heavy (non-hydrogen) atoms. The first-order chi connectivity index (χ1) is 13.4. The van der Waals surface area contributed by atoms with E-state index in [1.807, 2.05) is 13.0 Å². The molecule has 0 aliphatic heterocycles. The molecule has 0 aliphatic rings. The molecule has 6 nitrogen and oxygen atoms in total. The van der Waals surface area contributed by atoms with Gasteiger partial charge in [0.25, 0.3) is 5.56 Å². The third kappa shape index (κ3) is 3.52. The second-order valence-corrected chi connectivity index (χ2v) is 7.85. The molecule has 0 aliphatic carbocycles. The number of aromatic amines is 1. The third-order valence-electron chi connectivity index (χ3n) is 4.26. The van der Waals surface area contributed by atoms with Crippen LogP contribution in [0.3, 0.4) is 0 Å². The molecule has 3 aromatic carbocycles. The molecule has 0 spiro atoms. The first kappa shape index (κ1) is 17.9. The molecule has 1 N–H and O–H groups in total. The number of aryl methyl sites for hydroxylation is 1. The van der Waals surface area contributed by atoms with Gasteiger partial charge in [0.05, 0.1) is 10.9 Å². The minimum Gasteiger partial charge on any atom is -0.379 e. The minimum atomic E-state index is -3.92. The maximum absolute atomic E-state index is 12.4. The summed E-state index contributed by atoms with van der Waals surface area (Å²) >= 11 is 0. The van der Waals surface area contributed by atoms with Crippen LogP contribution in [-0.4, -0.2) is 18.4 Å². The highest BCUT2D eigenvalue weighted by Crippen LogP contribution is 2.23. The Bertz CT molecular complexity index is 1310. The zero-order chi connectivity index (χ0) is 19.7. The van der Waals surface area contributed by atoms with Crippen LogP contribution in [0, 0.1) is 6.92 Å². The summed E-state index contributed by atoms with van der Waals surface area (Å²) in [5.41, 5.74) is 1.95. The van der Waals surface area contributed by atoms with Crippen LogP contribution >= 0.6 is 0 Å². The quantitative estimate of drug-likeness (QED) is 0.535. The zero-order valence-electron chi connectivity index (χ0n) is 14.9. The summed E-state index contributed by atoms with van der Waals surface area (Å²) in [5.74, 6) is 0.573. The Morgan fingerprint density at radius 1 is 0.893 bits per heavy atom. The fraction of sp³-hybridized carbons (Fsp3) is 0.0476. The van der Waals surface area contributed by atoms with Crippen LogP contribution < -0.4 is 9.74 Å².